The van der Waals surface area contributed by atoms with E-state index in [0.29, 0.717) is 6.42 Å². The van der Waals surface area contributed by atoms with E-state index in [4.69, 9.17) is 9.47 Å². The van der Waals surface area contributed by atoms with Crippen molar-refractivity contribution in [3.05, 3.63) is 23.8 Å². The van der Waals surface area contributed by atoms with Crippen LogP contribution in [0.3, 0.4) is 0 Å². The summed E-state index contributed by atoms with van der Waals surface area (Å²) >= 11 is 0. The number of benzene rings is 1. The second-order valence-corrected chi connectivity index (χ2v) is 4.34. The van der Waals surface area contributed by atoms with Gasteiger partial charge in [-0.1, -0.05) is 19.9 Å². The highest BCUT2D eigenvalue weighted by atomic mass is 16.5. The highest BCUT2D eigenvalue weighted by Crippen LogP contribution is 2.33. The molecule has 1 atom stereocenters. The SMILES string of the molecule is COc1ccc2c(c1)OC(C(=O)C(C)C)C2. The number of Topliss-reactive ketones (excluding diaryl/α,β-unsaturated/α-hetero) is 1. The lowest BCUT2D eigenvalue weighted by molar-refractivity contribution is -0.128. The first-order valence-corrected chi connectivity index (χ1v) is 5.49. The van der Waals surface area contributed by atoms with Crippen LogP contribution in [0.1, 0.15) is 19.4 Å². The normalized spacial score (nSPS) is 18.1. The second kappa shape index (κ2) is 4.16. The molecule has 3 heteroatoms. The first kappa shape index (κ1) is 11.0. The van der Waals surface area contributed by atoms with Gasteiger partial charge in [-0.3, -0.25) is 4.79 Å². The van der Waals surface area contributed by atoms with E-state index in [9.17, 15) is 4.79 Å². The van der Waals surface area contributed by atoms with Crippen LogP contribution in [-0.2, 0) is 11.2 Å². The number of hydrogen-bond donors (Lipinski definition) is 0. The Morgan fingerprint density at radius 1 is 1.50 bits per heavy atom. The monoisotopic (exact) mass is 220 g/mol. The molecule has 0 saturated heterocycles. The van der Waals surface area contributed by atoms with Gasteiger partial charge in [0.15, 0.2) is 11.9 Å². The van der Waals surface area contributed by atoms with Crippen LogP contribution in [0.2, 0.25) is 0 Å². The number of ketones is 1. The first-order valence-electron chi connectivity index (χ1n) is 5.49. The summed E-state index contributed by atoms with van der Waals surface area (Å²) < 4.78 is 10.8. The van der Waals surface area contributed by atoms with Gasteiger partial charge in [-0.25, -0.2) is 0 Å². The van der Waals surface area contributed by atoms with Crippen molar-refractivity contribution in [1.82, 2.24) is 0 Å². The van der Waals surface area contributed by atoms with Crippen LogP contribution in [0.5, 0.6) is 11.5 Å². The molecular weight excluding hydrogens is 204 g/mol. The molecule has 16 heavy (non-hydrogen) atoms. The highest BCUT2D eigenvalue weighted by molar-refractivity contribution is 5.86. The summed E-state index contributed by atoms with van der Waals surface area (Å²) in [4.78, 5) is 11.8. The van der Waals surface area contributed by atoms with Crippen LogP contribution in [0.25, 0.3) is 0 Å². The Kier molecular flexibility index (Phi) is 2.86. The van der Waals surface area contributed by atoms with Gasteiger partial charge in [-0.15, -0.1) is 0 Å². The van der Waals surface area contributed by atoms with Gasteiger partial charge >= 0.3 is 0 Å². The number of methoxy groups -OCH3 is 1. The van der Waals surface area contributed by atoms with Gasteiger partial charge in [-0.05, 0) is 11.6 Å². The van der Waals surface area contributed by atoms with Gasteiger partial charge in [0.25, 0.3) is 0 Å². The molecule has 1 heterocycles. The molecule has 0 bridgehead atoms. The first-order chi connectivity index (χ1) is 7.61. The van der Waals surface area contributed by atoms with Crippen LogP contribution in [0.15, 0.2) is 18.2 Å². The van der Waals surface area contributed by atoms with Crippen molar-refractivity contribution in [2.75, 3.05) is 7.11 Å². The predicted molar refractivity (Wildman–Crippen MR) is 61.0 cm³/mol. The van der Waals surface area contributed by atoms with Crippen LogP contribution >= 0.6 is 0 Å². The lowest BCUT2D eigenvalue weighted by Crippen LogP contribution is -2.29. The number of hydrogen-bond acceptors (Lipinski definition) is 3. The third-order valence-corrected chi connectivity index (χ3v) is 2.84. The molecule has 2 rings (SSSR count). The molecular formula is C13H16O3. The molecule has 0 spiro atoms. The lowest BCUT2D eigenvalue weighted by Gasteiger charge is -2.11. The molecule has 1 unspecified atom stereocenters. The second-order valence-electron chi connectivity index (χ2n) is 4.34. The van der Waals surface area contributed by atoms with Gasteiger partial charge in [0.2, 0.25) is 0 Å². The molecule has 0 amide bonds. The average molecular weight is 220 g/mol. The molecule has 86 valence electrons. The Bertz CT molecular complexity index is 410. The summed E-state index contributed by atoms with van der Waals surface area (Å²) in [6, 6.07) is 5.69. The number of carbonyl (C=O) groups is 1. The maximum atomic E-state index is 11.8. The Labute approximate surface area is 95.4 Å². The standard InChI is InChI=1S/C13H16O3/c1-8(2)13(14)12-6-9-4-5-10(15-3)7-11(9)16-12/h4-5,7-8,12H,6H2,1-3H3. The molecule has 0 saturated carbocycles. The predicted octanol–water partition coefficient (Wildman–Crippen LogP) is 2.22. The van der Waals surface area contributed by atoms with Crippen molar-refractivity contribution < 1.29 is 14.3 Å². The number of carbonyl (C=O) groups excluding carboxylic acids is 1. The summed E-state index contributed by atoms with van der Waals surface area (Å²) in [5.74, 6) is 1.71. The number of fused-ring (bicyclic) bond motifs is 1. The summed E-state index contributed by atoms with van der Waals surface area (Å²) in [6.45, 7) is 3.80. The topological polar surface area (TPSA) is 35.5 Å². The van der Waals surface area contributed by atoms with E-state index >= 15 is 0 Å². The summed E-state index contributed by atoms with van der Waals surface area (Å²) in [6.07, 6.45) is 0.359. The quantitative estimate of drug-likeness (QED) is 0.783. The van der Waals surface area contributed by atoms with Crippen molar-refractivity contribution in [3.63, 3.8) is 0 Å². The van der Waals surface area contributed by atoms with E-state index in [1.54, 1.807) is 7.11 Å². The zero-order chi connectivity index (χ0) is 11.7. The molecule has 0 aromatic heterocycles. The zero-order valence-corrected chi connectivity index (χ0v) is 9.82. The minimum atomic E-state index is -0.317. The maximum absolute atomic E-state index is 11.8. The summed E-state index contributed by atoms with van der Waals surface area (Å²) in [5.41, 5.74) is 1.08. The van der Waals surface area contributed by atoms with Gasteiger partial charge in [0, 0.05) is 18.4 Å². The maximum Gasteiger partial charge on any atom is 0.176 e. The van der Waals surface area contributed by atoms with E-state index in [1.165, 1.54) is 0 Å². The van der Waals surface area contributed by atoms with Gasteiger partial charge < -0.3 is 9.47 Å². The summed E-state index contributed by atoms with van der Waals surface area (Å²) in [7, 11) is 1.62. The molecule has 1 aliphatic rings. The fourth-order valence-corrected chi connectivity index (χ4v) is 1.87. The molecule has 0 N–H and O–H groups in total. The molecule has 1 aromatic rings. The molecule has 0 aliphatic carbocycles. The average Bonchev–Trinajstić information content (AvgIpc) is 2.69. The van der Waals surface area contributed by atoms with Crippen molar-refractivity contribution >= 4 is 5.78 Å². The van der Waals surface area contributed by atoms with Crippen molar-refractivity contribution in [3.8, 4) is 11.5 Å². The molecule has 3 nitrogen and oxygen atoms in total. The fourth-order valence-electron chi connectivity index (χ4n) is 1.87. The van der Waals surface area contributed by atoms with Gasteiger partial charge in [0.05, 0.1) is 7.11 Å². The van der Waals surface area contributed by atoms with E-state index in [0.717, 1.165) is 17.1 Å². The highest BCUT2D eigenvalue weighted by Gasteiger charge is 2.30. The minimum Gasteiger partial charge on any atom is -0.497 e. The Morgan fingerprint density at radius 3 is 2.88 bits per heavy atom. The van der Waals surface area contributed by atoms with E-state index < -0.39 is 0 Å². The summed E-state index contributed by atoms with van der Waals surface area (Å²) in [5, 5.41) is 0. The molecule has 0 radical (unpaired) electrons. The van der Waals surface area contributed by atoms with E-state index in [2.05, 4.69) is 0 Å². The van der Waals surface area contributed by atoms with Crippen LogP contribution < -0.4 is 9.47 Å². The van der Waals surface area contributed by atoms with E-state index in [1.807, 2.05) is 32.0 Å². The van der Waals surface area contributed by atoms with Crippen LogP contribution in [0.4, 0.5) is 0 Å². The Morgan fingerprint density at radius 2 is 2.25 bits per heavy atom. The van der Waals surface area contributed by atoms with Crippen molar-refractivity contribution in [2.24, 2.45) is 5.92 Å². The van der Waals surface area contributed by atoms with Crippen molar-refractivity contribution in [1.29, 1.82) is 0 Å². The Balaban J connectivity index is 2.18. The van der Waals surface area contributed by atoms with Crippen LogP contribution in [-0.4, -0.2) is 19.0 Å². The zero-order valence-electron chi connectivity index (χ0n) is 9.82. The molecule has 1 aromatic carbocycles. The third kappa shape index (κ3) is 1.90. The minimum absolute atomic E-state index is 0.0150. The third-order valence-electron chi connectivity index (χ3n) is 2.84. The van der Waals surface area contributed by atoms with Crippen LogP contribution in [0, 0.1) is 5.92 Å². The Hall–Kier alpha value is -1.51. The fraction of sp³-hybridized carbons (Fsp3) is 0.462. The number of ether oxygens (including phenoxy) is 2. The molecule has 1 aliphatic heterocycles. The van der Waals surface area contributed by atoms with Crippen molar-refractivity contribution in [2.45, 2.75) is 26.4 Å². The van der Waals surface area contributed by atoms with Gasteiger partial charge in [-0.2, -0.15) is 0 Å². The van der Waals surface area contributed by atoms with Gasteiger partial charge in [0.1, 0.15) is 11.5 Å². The largest absolute Gasteiger partial charge is 0.497 e. The van der Waals surface area contributed by atoms with E-state index in [-0.39, 0.29) is 17.8 Å². The lowest BCUT2D eigenvalue weighted by atomic mass is 10.00. The smallest absolute Gasteiger partial charge is 0.176 e. The molecule has 0 fully saturated rings. The number of rotatable bonds is 3.